The highest BCUT2D eigenvalue weighted by Crippen LogP contribution is 2.36. The number of ether oxygens (including phenoxy) is 3. The molecule has 2 aromatic rings. The van der Waals surface area contributed by atoms with Crippen molar-refractivity contribution >= 4 is 17.7 Å². The molecule has 1 aliphatic heterocycles. The molecule has 1 heterocycles. The van der Waals surface area contributed by atoms with Gasteiger partial charge < -0.3 is 24.8 Å². The van der Waals surface area contributed by atoms with Gasteiger partial charge in [-0.1, -0.05) is 42.5 Å². The van der Waals surface area contributed by atoms with Gasteiger partial charge in [-0.3, -0.25) is 4.79 Å². The first-order valence-electron chi connectivity index (χ1n) is 9.52. The van der Waals surface area contributed by atoms with E-state index >= 15 is 0 Å². The molecule has 0 unspecified atom stereocenters. The average Bonchev–Trinajstić information content (AvgIpc) is 3.20. The molecular weight excluding hydrogens is 372 g/mol. The highest BCUT2D eigenvalue weighted by Gasteiger charge is 2.23. The number of carbonyl (C=O) groups is 2. The predicted molar refractivity (Wildman–Crippen MR) is 109 cm³/mol. The molecule has 2 amide bonds. The molecule has 0 aliphatic carbocycles. The largest absolute Gasteiger partial charge is 0.444 e. The summed E-state index contributed by atoms with van der Waals surface area (Å²) in [5.74, 6) is -0.353. The Morgan fingerprint density at radius 3 is 2.31 bits per heavy atom. The van der Waals surface area contributed by atoms with Crippen LogP contribution in [0.5, 0.6) is 0 Å². The fourth-order valence-corrected chi connectivity index (χ4v) is 2.97. The third-order valence-electron chi connectivity index (χ3n) is 4.12. The van der Waals surface area contributed by atoms with E-state index < -0.39 is 18.0 Å². The van der Waals surface area contributed by atoms with E-state index in [9.17, 15) is 9.59 Å². The summed E-state index contributed by atoms with van der Waals surface area (Å²) in [7, 11) is 0. The highest BCUT2D eigenvalue weighted by atomic mass is 16.7. The molecule has 7 nitrogen and oxygen atoms in total. The minimum absolute atomic E-state index is 0.195. The third kappa shape index (κ3) is 5.79. The van der Waals surface area contributed by atoms with Gasteiger partial charge in [0, 0.05) is 16.8 Å². The molecule has 0 aromatic heterocycles. The Hall–Kier alpha value is -2.90. The molecule has 0 atom stereocenters. The molecule has 1 aliphatic rings. The normalized spacial score (nSPS) is 14.4. The van der Waals surface area contributed by atoms with Crippen LogP contribution < -0.4 is 10.6 Å². The van der Waals surface area contributed by atoms with E-state index in [4.69, 9.17) is 14.2 Å². The van der Waals surface area contributed by atoms with E-state index in [2.05, 4.69) is 10.6 Å². The quantitative estimate of drug-likeness (QED) is 0.799. The monoisotopic (exact) mass is 398 g/mol. The van der Waals surface area contributed by atoms with Gasteiger partial charge >= 0.3 is 6.09 Å². The summed E-state index contributed by atoms with van der Waals surface area (Å²) in [6.45, 7) is 6.19. The van der Waals surface area contributed by atoms with Crippen molar-refractivity contribution < 1.29 is 23.8 Å². The maximum atomic E-state index is 12.4. The average molecular weight is 398 g/mol. The summed E-state index contributed by atoms with van der Waals surface area (Å²) in [6.07, 6.45) is -1.06. The van der Waals surface area contributed by atoms with Gasteiger partial charge in [0.2, 0.25) is 5.91 Å². The van der Waals surface area contributed by atoms with Gasteiger partial charge in [0.25, 0.3) is 0 Å². The molecule has 3 rings (SSSR count). The number of nitrogens with one attached hydrogen (secondary N) is 2. The lowest BCUT2D eigenvalue weighted by Gasteiger charge is -2.20. The van der Waals surface area contributed by atoms with Crippen molar-refractivity contribution in [3.8, 4) is 11.1 Å². The number of alkyl carbamates (subject to hydrolysis) is 1. The Morgan fingerprint density at radius 1 is 1.00 bits per heavy atom. The Morgan fingerprint density at radius 2 is 1.62 bits per heavy atom. The number of hydrogen-bond acceptors (Lipinski definition) is 5. The van der Waals surface area contributed by atoms with Crippen molar-refractivity contribution in [2.24, 2.45) is 0 Å². The summed E-state index contributed by atoms with van der Waals surface area (Å²) in [5, 5.41) is 5.32. The molecule has 0 saturated carbocycles. The van der Waals surface area contributed by atoms with Gasteiger partial charge in [0.05, 0.1) is 13.2 Å². The van der Waals surface area contributed by atoms with E-state index in [0.29, 0.717) is 18.9 Å². The van der Waals surface area contributed by atoms with Crippen LogP contribution >= 0.6 is 0 Å². The van der Waals surface area contributed by atoms with Gasteiger partial charge in [-0.2, -0.15) is 0 Å². The molecule has 0 radical (unpaired) electrons. The summed E-state index contributed by atoms with van der Waals surface area (Å²) in [4.78, 5) is 24.1. The van der Waals surface area contributed by atoms with Crippen molar-refractivity contribution in [3.63, 3.8) is 0 Å². The summed E-state index contributed by atoms with van der Waals surface area (Å²) in [5.41, 5.74) is 2.66. The maximum Gasteiger partial charge on any atom is 0.408 e. The van der Waals surface area contributed by atoms with Crippen LogP contribution in [0.3, 0.4) is 0 Å². The van der Waals surface area contributed by atoms with E-state index in [1.54, 1.807) is 20.8 Å². The fraction of sp³-hybridized carbons (Fsp3) is 0.364. The Bertz CT molecular complexity index is 870. The molecular formula is C22H26N2O5. The van der Waals surface area contributed by atoms with E-state index in [-0.39, 0.29) is 12.5 Å². The second kappa shape index (κ2) is 9.07. The molecule has 2 aromatic carbocycles. The zero-order chi connectivity index (χ0) is 20.9. The zero-order valence-corrected chi connectivity index (χ0v) is 16.9. The molecule has 7 heteroatoms. The standard InChI is InChI=1S/C22H26N2O5/c1-22(2,3)29-21(26)23-14-19(25)24-18-11-7-6-9-16(18)15-8-4-5-10-17(15)20-27-12-13-28-20/h4-11,20H,12-14H2,1-3H3,(H,23,26)(H,24,25). The number of hydrogen-bond donors (Lipinski definition) is 2. The fourth-order valence-electron chi connectivity index (χ4n) is 2.97. The number of amides is 2. The SMILES string of the molecule is CC(C)(C)OC(=O)NCC(=O)Nc1ccccc1-c1ccccc1C1OCCO1. The van der Waals surface area contributed by atoms with Crippen LogP contribution in [0.2, 0.25) is 0 Å². The zero-order valence-electron chi connectivity index (χ0n) is 16.9. The van der Waals surface area contributed by atoms with Gasteiger partial charge in [0.15, 0.2) is 6.29 Å². The van der Waals surface area contributed by atoms with Crippen LogP contribution in [0, 0.1) is 0 Å². The van der Waals surface area contributed by atoms with Crippen molar-refractivity contribution in [3.05, 3.63) is 54.1 Å². The molecule has 2 N–H and O–H groups in total. The van der Waals surface area contributed by atoms with Gasteiger partial charge in [-0.15, -0.1) is 0 Å². The van der Waals surface area contributed by atoms with Crippen LogP contribution in [-0.2, 0) is 19.0 Å². The van der Waals surface area contributed by atoms with Gasteiger partial charge in [-0.25, -0.2) is 4.79 Å². The van der Waals surface area contributed by atoms with Crippen LogP contribution in [0.4, 0.5) is 10.5 Å². The second-order valence-electron chi connectivity index (χ2n) is 7.61. The van der Waals surface area contributed by atoms with Gasteiger partial charge in [0.1, 0.15) is 12.1 Å². The first kappa shape index (κ1) is 20.8. The Balaban J connectivity index is 1.73. The van der Waals surface area contributed by atoms with Crippen molar-refractivity contribution in [2.75, 3.05) is 25.1 Å². The number of para-hydroxylation sites is 1. The summed E-state index contributed by atoms with van der Waals surface area (Å²) >= 11 is 0. The lowest BCUT2D eigenvalue weighted by atomic mass is 9.97. The van der Waals surface area contributed by atoms with Crippen LogP contribution in [-0.4, -0.2) is 37.4 Å². The Labute approximate surface area is 170 Å². The number of carbonyl (C=O) groups excluding carboxylic acids is 2. The number of benzene rings is 2. The third-order valence-corrected chi connectivity index (χ3v) is 4.12. The lowest BCUT2D eigenvalue weighted by Crippen LogP contribution is -2.37. The minimum Gasteiger partial charge on any atom is -0.444 e. The molecule has 0 spiro atoms. The second-order valence-corrected chi connectivity index (χ2v) is 7.61. The van der Waals surface area contributed by atoms with Crippen molar-refractivity contribution in [1.82, 2.24) is 5.32 Å². The number of rotatable bonds is 5. The van der Waals surface area contributed by atoms with E-state index in [1.165, 1.54) is 0 Å². The molecule has 1 fully saturated rings. The number of anilines is 1. The lowest BCUT2D eigenvalue weighted by molar-refractivity contribution is -0.115. The van der Waals surface area contributed by atoms with Crippen LogP contribution in [0.15, 0.2) is 48.5 Å². The molecule has 29 heavy (non-hydrogen) atoms. The Kier molecular flexibility index (Phi) is 6.51. The highest BCUT2D eigenvalue weighted by molar-refractivity contribution is 5.98. The summed E-state index contributed by atoms with van der Waals surface area (Å²) in [6, 6.07) is 15.2. The molecule has 1 saturated heterocycles. The van der Waals surface area contributed by atoms with E-state index in [0.717, 1.165) is 16.7 Å². The van der Waals surface area contributed by atoms with Crippen molar-refractivity contribution in [1.29, 1.82) is 0 Å². The predicted octanol–water partition coefficient (Wildman–Crippen LogP) is 3.86. The van der Waals surface area contributed by atoms with Crippen molar-refractivity contribution in [2.45, 2.75) is 32.7 Å². The molecule has 0 bridgehead atoms. The van der Waals surface area contributed by atoms with Crippen LogP contribution in [0.25, 0.3) is 11.1 Å². The first-order chi connectivity index (χ1) is 13.8. The topological polar surface area (TPSA) is 85.9 Å². The van der Waals surface area contributed by atoms with E-state index in [1.807, 2.05) is 48.5 Å². The minimum atomic E-state index is -0.637. The maximum absolute atomic E-state index is 12.4. The first-order valence-corrected chi connectivity index (χ1v) is 9.52. The van der Waals surface area contributed by atoms with Gasteiger partial charge in [-0.05, 0) is 32.4 Å². The summed E-state index contributed by atoms with van der Waals surface area (Å²) < 4.78 is 16.5. The molecule has 154 valence electrons. The van der Waals surface area contributed by atoms with Crippen LogP contribution in [0.1, 0.15) is 32.6 Å². The smallest absolute Gasteiger partial charge is 0.408 e.